The van der Waals surface area contributed by atoms with Crippen molar-refractivity contribution in [1.82, 2.24) is 9.97 Å². The van der Waals surface area contributed by atoms with Crippen molar-refractivity contribution in [1.29, 1.82) is 0 Å². The second kappa shape index (κ2) is 9.05. The van der Waals surface area contributed by atoms with Crippen LogP contribution in [0.15, 0.2) is 59.8 Å². The number of rotatable bonds is 6. The third-order valence-corrected chi connectivity index (χ3v) is 5.15. The van der Waals surface area contributed by atoms with E-state index in [-0.39, 0.29) is 5.92 Å². The number of nitrogens with zero attached hydrogens (tertiary/aromatic N) is 2. The van der Waals surface area contributed by atoms with Gasteiger partial charge in [-0.3, -0.25) is 0 Å². The van der Waals surface area contributed by atoms with Gasteiger partial charge in [0.25, 0.3) is 0 Å². The van der Waals surface area contributed by atoms with Crippen molar-refractivity contribution >= 4 is 23.4 Å². The average Bonchev–Trinajstić information content (AvgIpc) is 2.67. The standard InChI is InChI=1S/C21H18ClF3N2OS/c1-13(2)18-11-19(28-17-9-7-16(22)8-10-17)27-20(26-18)29-12-14-3-5-15(6-4-14)21(23,24)25/h3-11,13H,12H2,1-2H3. The first kappa shape index (κ1) is 21.5. The van der Waals surface area contributed by atoms with Crippen LogP contribution in [-0.2, 0) is 11.9 Å². The minimum atomic E-state index is -4.34. The molecule has 0 aliphatic rings. The lowest BCUT2D eigenvalue weighted by Gasteiger charge is -2.11. The van der Waals surface area contributed by atoms with Gasteiger partial charge in [-0.05, 0) is 47.9 Å². The largest absolute Gasteiger partial charge is 0.439 e. The molecule has 1 heterocycles. The summed E-state index contributed by atoms with van der Waals surface area (Å²) in [6.07, 6.45) is -4.34. The third-order valence-electron chi connectivity index (χ3n) is 3.98. The molecule has 152 valence electrons. The molecule has 0 atom stereocenters. The lowest BCUT2D eigenvalue weighted by molar-refractivity contribution is -0.137. The summed E-state index contributed by atoms with van der Waals surface area (Å²) in [5, 5.41) is 1.11. The van der Waals surface area contributed by atoms with Crippen molar-refractivity contribution in [3.63, 3.8) is 0 Å². The maximum Gasteiger partial charge on any atom is 0.416 e. The molecular weight excluding hydrogens is 421 g/mol. The zero-order valence-electron chi connectivity index (χ0n) is 15.7. The van der Waals surface area contributed by atoms with Crippen LogP contribution < -0.4 is 4.74 Å². The highest BCUT2D eigenvalue weighted by molar-refractivity contribution is 7.98. The van der Waals surface area contributed by atoms with Crippen LogP contribution in [0.5, 0.6) is 11.6 Å². The first-order valence-electron chi connectivity index (χ1n) is 8.82. The van der Waals surface area contributed by atoms with Crippen molar-refractivity contribution < 1.29 is 17.9 Å². The van der Waals surface area contributed by atoms with Crippen LogP contribution in [-0.4, -0.2) is 9.97 Å². The Morgan fingerprint density at radius 1 is 1.00 bits per heavy atom. The highest BCUT2D eigenvalue weighted by atomic mass is 35.5. The predicted molar refractivity (Wildman–Crippen MR) is 109 cm³/mol. The molecule has 3 aromatic rings. The molecular formula is C21H18ClF3N2OS. The lowest BCUT2D eigenvalue weighted by Crippen LogP contribution is -2.04. The van der Waals surface area contributed by atoms with E-state index in [4.69, 9.17) is 16.3 Å². The van der Waals surface area contributed by atoms with Gasteiger partial charge >= 0.3 is 6.18 Å². The molecule has 0 spiro atoms. The van der Waals surface area contributed by atoms with Gasteiger partial charge in [0.2, 0.25) is 5.88 Å². The third kappa shape index (κ3) is 6.11. The lowest BCUT2D eigenvalue weighted by atomic mass is 10.1. The minimum absolute atomic E-state index is 0.163. The number of alkyl halides is 3. The van der Waals surface area contributed by atoms with E-state index in [1.165, 1.54) is 23.9 Å². The summed E-state index contributed by atoms with van der Waals surface area (Å²) in [6.45, 7) is 4.03. The van der Waals surface area contributed by atoms with Crippen LogP contribution in [0.4, 0.5) is 13.2 Å². The summed E-state index contributed by atoms with van der Waals surface area (Å²) in [6, 6.07) is 13.8. The van der Waals surface area contributed by atoms with Gasteiger partial charge in [-0.25, -0.2) is 4.98 Å². The van der Waals surface area contributed by atoms with Gasteiger partial charge in [0.05, 0.1) is 11.3 Å². The molecule has 0 bridgehead atoms. The van der Waals surface area contributed by atoms with Gasteiger partial charge in [0, 0.05) is 16.8 Å². The van der Waals surface area contributed by atoms with Gasteiger partial charge in [-0.2, -0.15) is 18.2 Å². The Morgan fingerprint density at radius 2 is 1.66 bits per heavy atom. The quantitative estimate of drug-likeness (QED) is 0.297. The minimum Gasteiger partial charge on any atom is -0.439 e. The van der Waals surface area contributed by atoms with E-state index < -0.39 is 11.7 Å². The maximum absolute atomic E-state index is 12.7. The fourth-order valence-electron chi connectivity index (χ4n) is 2.39. The molecule has 0 aliphatic carbocycles. The first-order chi connectivity index (χ1) is 13.7. The zero-order chi connectivity index (χ0) is 21.0. The molecule has 0 saturated carbocycles. The number of halogens is 4. The predicted octanol–water partition coefficient (Wildman–Crippen LogP) is 7.36. The van der Waals surface area contributed by atoms with E-state index in [2.05, 4.69) is 9.97 Å². The van der Waals surface area contributed by atoms with Crippen molar-refractivity contribution in [2.75, 3.05) is 0 Å². The molecule has 29 heavy (non-hydrogen) atoms. The van der Waals surface area contributed by atoms with Crippen LogP contribution in [0, 0.1) is 0 Å². The van der Waals surface area contributed by atoms with E-state index in [9.17, 15) is 13.2 Å². The molecule has 0 radical (unpaired) electrons. The molecule has 0 amide bonds. The Labute approximate surface area is 176 Å². The fourth-order valence-corrected chi connectivity index (χ4v) is 3.33. The monoisotopic (exact) mass is 438 g/mol. The van der Waals surface area contributed by atoms with E-state index in [0.29, 0.717) is 27.6 Å². The molecule has 8 heteroatoms. The second-order valence-electron chi connectivity index (χ2n) is 6.61. The fraction of sp³-hybridized carbons (Fsp3) is 0.238. The second-order valence-corrected chi connectivity index (χ2v) is 7.99. The number of benzene rings is 2. The summed E-state index contributed by atoms with van der Waals surface area (Å²) < 4.78 is 43.9. The Morgan fingerprint density at radius 3 is 2.24 bits per heavy atom. The smallest absolute Gasteiger partial charge is 0.416 e. The van der Waals surface area contributed by atoms with Gasteiger partial charge in [-0.15, -0.1) is 0 Å². The SMILES string of the molecule is CC(C)c1cc(Oc2ccc(Cl)cc2)nc(SCc2ccc(C(F)(F)F)cc2)n1. The van der Waals surface area contributed by atoms with Crippen molar-refractivity contribution in [2.45, 2.75) is 36.9 Å². The Kier molecular flexibility index (Phi) is 6.70. The molecule has 0 unspecified atom stereocenters. The highest BCUT2D eigenvalue weighted by Gasteiger charge is 2.29. The average molecular weight is 439 g/mol. The van der Waals surface area contributed by atoms with Gasteiger partial charge in [0.1, 0.15) is 5.75 Å². The summed E-state index contributed by atoms with van der Waals surface area (Å²) in [5.74, 6) is 1.61. The van der Waals surface area contributed by atoms with Crippen LogP contribution >= 0.6 is 23.4 Å². The molecule has 2 aromatic carbocycles. The van der Waals surface area contributed by atoms with Crippen LogP contribution in [0.3, 0.4) is 0 Å². The molecule has 0 N–H and O–H groups in total. The summed E-state index contributed by atoms with van der Waals surface area (Å²) >= 11 is 7.23. The van der Waals surface area contributed by atoms with Crippen molar-refractivity contribution in [3.05, 3.63) is 76.4 Å². The van der Waals surface area contributed by atoms with E-state index >= 15 is 0 Å². The van der Waals surface area contributed by atoms with Crippen LogP contribution in [0.25, 0.3) is 0 Å². The van der Waals surface area contributed by atoms with Crippen LogP contribution in [0.2, 0.25) is 5.02 Å². The molecule has 1 aromatic heterocycles. The number of ether oxygens (including phenoxy) is 1. The number of hydrogen-bond acceptors (Lipinski definition) is 4. The maximum atomic E-state index is 12.7. The number of hydrogen-bond donors (Lipinski definition) is 0. The molecule has 3 rings (SSSR count). The van der Waals surface area contributed by atoms with E-state index in [0.717, 1.165) is 23.4 Å². The first-order valence-corrected chi connectivity index (χ1v) is 10.2. The van der Waals surface area contributed by atoms with Crippen molar-refractivity contribution in [3.8, 4) is 11.6 Å². The van der Waals surface area contributed by atoms with Gasteiger partial charge in [-0.1, -0.05) is 49.3 Å². The highest BCUT2D eigenvalue weighted by Crippen LogP contribution is 2.31. The summed E-state index contributed by atoms with van der Waals surface area (Å²) in [7, 11) is 0. The number of aromatic nitrogens is 2. The molecule has 3 nitrogen and oxygen atoms in total. The zero-order valence-corrected chi connectivity index (χ0v) is 17.3. The molecule has 0 saturated heterocycles. The summed E-state index contributed by atoms with van der Waals surface area (Å²) in [5.41, 5.74) is 0.906. The van der Waals surface area contributed by atoms with E-state index in [1.54, 1.807) is 30.3 Å². The molecule has 0 aliphatic heterocycles. The van der Waals surface area contributed by atoms with Gasteiger partial charge in [0.15, 0.2) is 5.16 Å². The molecule has 0 fully saturated rings. The Hall–Kier alpha value is -2.25. The van der Waals surface area contributed by atoms with E-state index in [1.807, 2.05) is 13.8 Å². The van der Waals surface area contributed by atoms with Gasteiger partial charge < -0.3 is 4.74 Å². The Bertz CT molecular complexity index is 961. The van der Waals surface area contributed by atoms with Crippen LogP contribution in [0.1, 0.15) is 36.6 Å². The normalized spacial score (nSPS) is 11.7. The van der Waals surface area contributed by atoms with Crippen molar-refractivity contribution in [2.24, 2.45) is 0 Å². The number of thioether (sulfide) groups is 1. The topological polar surface area (TPSA) is 35.0 Å². The summed E-state index contributed by atoms with van der Waals surface area (Å²) in [4.78, 5) is 8.95. The Balaban J connectivity index is 1.75.